The van der Waals surface area contributed by atoms with E-state index in [1.54, 1.807) is 25.3 Å². The first kappa shape index (κ1) is 19.9. The second-order valence-corrected chi connectivity index (χ2v) is 6.62. The van der Waals surface area contributed by atoms with Crippen molar-refractivity contribution in [2.24, 2.45) is 0 Å². The molecule has 0 saturated carbocycles. The molecule has 0 spiro atoms. The van der Waals surface area contributed by atoms with Crippen LogP contribution >= 0.6 is 11.3 Å². The van der Waals surface area contributed by atoms with Crippen molar-refractivity contribution in [3.8, 4) is 22.8 Å². The van der Waals surface area contributed by atoms with Crippen LogP contribution in [0.4, 0.5) is 5.13 Å². The van der Waals surface area contributed by atoms with Crippen molar-refractivity contribution < 1.29 is 19.0 Å². The molecule has 0 saturated heterocycles. The lowest BCUT2D eigenvalue weighted by molar-refractivity contribution is 0.101. The number of para-hydroxylation sites is 2. The SMILES string of the molecule is CCOc1ccccc1-c1csc(NC(=O)c2ccccc2OCCOC)n1. The minimum atomic E-state index is -0.271. The zero-order valence-corrected chi connectivity index (χ0v) is 16.6. The van der Waals surface area contributed by atoms with Gasteiger partial charge in [-0.15, -0.1) is 11.3 Å². The molecule has 1 amide bonds. The van der Waals surface area contributed by atoms with E-state index in [1.165, 1.54) is 11.3 Å². The Bertz CT molecular complexity index is 926. The van der Waals surface area contributed by atoms with E-state index in [0.29, 0.717) is 36.3 Å². The number of benzene rings is 2. The Morgan fingerprint density at radius 3 is 2.57 bits per heavy atom. The number of rotatable bonds is 9. The number of anilines is 1. The van der Waals surface area contributed by atoms with Crippen LogP contribution in [0, 0.1) is 0 Å². The summed E-state index contributed by atoms with van der Waals surface area (Å²) < 4.78 is 16.3. The average molecular weight is 398 g/mol. The number of methoxy groups -OCH3 is 1. The van der Waals surface area contributed by atoms with Crippen molar-refractivity contribution in [3.63, 3.8) is 0 Å². The minimum Gasteiger partial charge on any atom is -0.493 e. The number of carbonyl (C=O) groups is 1. The van der Waals surface area contributed by atoms with Crippen molar-refractivity contribution >= 4 is 22.4 Å². The Morgan fingerprint density at radius 2 is 1.79 bits per heavy atom. The fourth-order valence-corrected chi connectivity index (χ4v) is 3.30. The number of carbonyl (C=O) groups excluding carboxylic acids is 1. The van der Waals surface area contributed by atoms with Crippen LogP contribution in [0.25, 0.3) is 11.3 Å². The maximum Gasteiger partial charge on any atom is 0.261 e. The lowest BCUT2D eigenvalue weighted by atomic mass is 10.1. The molecule has 0 aliphatic carbocycles. The maximum atomic E-state index is 12.7. The number of ether oxygens (including phenoxy) is 3. The van der Waals surface area contributed by atoms with Gasteiger partial charge in [0.2, 0.25) is 0 Å². The van der Waals surface area contributed by atoms with Crippen LogP contribution in [0.3, 0.4) is 0 Å². The molecule has 1 heterocycles. The molecule has 1 aromatic heterocycles. The predicted octanol–water partition coefficient (Wildman–Crippen LogP) is 4.49. The summed E-state index contributed by atoms with van der Waals surface area (Å²) in [4.78, 5) is 17.2. The normalized spacial score (nSPS) is 10.5. The van der Waals surface area contributed by atoms with E-state index in [0.717, 1.165) is 17.0 Å². The van der Waals surface area contributed by atoms with E-state index < -0.39 is 0 Å². The van der Waals surface area contributed by atoms with Gasteiger partial charge >= 0.3 is 0 Å². The highest BCUT2D eigenvalue weighted by atomic mass is 32.1. The van der Waals surface area contributed by atoms with Gasteiger partial charge < -0.3 is 14.2 Å². The smallest absolute Gasteiger partial charge is 0.261 e. The first-order chi connectivity index (χ1) is 13.7. The molecule has 0 atom stereocenters. The Hall–Kier alpha value is -2.90. The molecule has 28 heavy (non-hydrogen) atoms. The predicted molar refractivity (Wildman–Crippen MR) is 110 cm³/mol. The third kappa shape index (κ3) is 4.88. The van der Waals surface area contributed by atoms with Gasteiger partial charge in [-0.25, -0.2) is 4.98 Å². The standard InChI is InChI=1S/C21H22N2O4S/c1-3-26-18-10-6-4-8-15(18)17-14-28-21(22-17)23-20(24)16-9-5-7-11-19(16)27-13-12-25-2/h4-11,14H,3,12-13H2,1-2H3,(H,22,23,24). The van der Waals surface area contributed by atoms with Gasteiger partial charge in [0.1, 0.15) is 18.1 Å². The first-order valence-electron chi connectivity index (χ1n) is 8.92. The largest absolute Gasteiger partial charge is 0.493 e. The number of nitrogens with zero attached hydrogens (tertiary/aromatic N) is 1. The third-order valence-corrected chi connectivity index (χ3v) is 4.62. The van der Waals surface area contributed by atoms with Crippen molar-refractivity contribution in [1.82, 2.24) is 4.98 Å². The molecule has 1 N–H and O–H groups in total. The Labute approximate surface area is 168 Å². The monoisotopic (exact) mass is 398 g/mol. The van der Waals surface area contributed by atoms with Gasteiger partial charge in [-0.05, 0) is 31.2 Å². The van der Waals surface area contributed by atoms with Crippen LogP contribution < -0.4 is 14.8 Å². The summed E-state index contributed by atoms with van der Waals surface area (Å²) >= 11 is 1.36. The molecule has 7 heteroatoms. The number of thiazole rings is 1. The molecule has 0 bridgehead atoms. The summed E-state index contributed by atoms with van der Waals surface area (Å²) in [6, 6.07) is 14.8. The lowest BCUT2D eigenvalue weighted by Crippen LogP contribution is -2.14. The molecule has 0 fully saturated rings. The van der Waals surface area contributed by atoms with Gasteiger partial charge in [0.15, 0.2) is 5.13 Å². The third-order valence-electron chi connectivity index (χ3n) is 3.86. The Morgan fingerprint density at radius 1 is 1.04 bits per heavy atom. The summed E-state index contributed by atoms with van der Waals surface area (Å²) in [6.07, 6.45) is 0. The van der Waals surface area contributed by atoms with Crippen LogP contribution in [-0.4, -0.2) is 37.8 Å². The van der Waals surface area contributed by atoms with Gasteiger partial charge in [-0.2, -0.15) is 0 Å². The van der Waals surface area contributed by atoms with E-state index >= 15 is 0 Å². The maximum absolute atomic E-state index is 12.7. The molecule has 0 aliphatic heterocycles. The molecule has 146 valence electrons. The van der Waals surface area contributed by atoms with E-state index in [-0.39, 0.29) is 5.91 Å². The van der Waals surface area contributed by atoms with Crippen LogP contribution in [0.5, 0.6) is 11.5 Å². The summed E-state index contributed by atoms with van der Waals surface area (Å²) in [5.74, 6) is 1.01. The number of nitrogens with one attached hydrogen (secondary N) is 1. The summed E-state index contributed by atoms with van der Waals surface area (Å²) in [7, 11) is 1.60. The summed E-state index contributed by atoms with van der Waals surface area (Å²) in [5.41, 5.74) is 2.10. The summed E-state index contributed by atoms with van der Waals surface area (Å²) in [6.45, 7) is 3.33. The van der Waals surface area contributed by atoms with E-state index in [2.05, 4.69) is 10.3 Å². The van der Waals surface area contributed by atoms with Crippen LogP contribution in [0.1, 0.15) is 17.3 Å². The molecule has 6 nitrogen and oxygen atoms in total. The van der Waals surface area contributed by atoms with Crippen molar-refractivity contribution in [2.45, 2.75) is 6.92 Å². The highest BCUT2D eigenvalue weighted by Crippen LogP contribution is 2.32. The van der Waals surface area contributed by atoms with Gasteiger partial charge in [0.25, 0.3) is 5.91 Å². The Balaban J connectivity index is 1.75. The number of hydrogen-bond donors (Lipinski definition) is 1. The zero-order chi connectivity index (χ0) is 19.8. The topological polar surface area (TPSA) is 69.7 Å². The van der Waals surface area contributed by atoms with E-state index in [4.69, 9.17) is 14.2 Å². The molecule has 0 unspecified atom stereocenters. The van der Waals surface area contributed by atoms with Gasteiger partial charge in [-0.3, -0.25) is 10.1 Å². The van der Waals surface area contributed by atoms with E-state index in [9.17, 15) is 4.79 Å². The molecule has 3 aromatic rings. The second kappa shape index (κ2) is 9.87. The average Bonchev–Trinajstić information content (AvgIpc) is 3.17. The second-order valence-electron chi connectivity index (χ2n) is 5.76. The summed E-state index contributed by atoms with van der Waals surface area (Å²) in [5, 5.41) is 5.26. The number of hydrogen-bond acceptors (Lipinski definition) is 6. The van der Waals surface area contributed by atoms with Crippen molar-refractivity contribution in [1.29, 1.82) is 0 Å². The quantitative estimate of drug-likeness (QED) is 0.538. The van der Waals surface area contributed by atoms with Crippen molar-refractivity contribution in [2.75, 3.05) is 32.2 Å². The van der Waals surface area contributed by atoms with Crippen LogP contribution in [-0.2, 0) is 4.74 Å². The number of amides is 1. The first-order valence-corrected chi connectivity index (χ1v) is 9.80. The van der Waals surface area contributed by atoms with Gasteiger partial charge in [0, 0.05) is 18.1 Å². The lowest BCUT2D eigenvalue weighted by Gasteiger charge is -2.10. The molecule has 0 aliphatic rings. The fourth-order valence-electron chi connectivity index (χ4n) is 2.59. The van der Waals surface area contributed by atoms with Crippen LogP contribution in [0.15, 0.2) is 53.9 Å². The van der Waals surface area contributed by atoms with Gasteiger partial charge in [0.05, 0.1) is 24.5 Å². The Kier molecular flexibility index (Phi) is 7.00. The molecule has 0 radical (unpaired) electrons. The molecular formula is C21H22N2O4S. The van der Waals surface area contributed by atoms with Crippen molar-refractivity contribution in [3.05, 3.63) is 59.5 Å². The molecular weight excluding hydrogens is 376 g/mol. The highest BCUT2D eigenvalue weighted by molar-refractivity contribution is 7.14. The zero-order valence-electron chi connectivity index (χ0n) is 15.8. The highest BCUT2D eigenvalue weighted by Gasteiger charge is 2.15. The fraction of sp³-hybridized carbons (Fsp3) is 0.238. The van der Waals surface area contributed by atoms with Crippen LogP contribution in [0.2, 0.25) is 0 Å². The van der Waals surface area contributed by atoms with Gasteiger partial charge in [-0.1, -0.05) is 24.3 Å². The van der Waals surface area contributed by atoms with E-state index in [1.807, 2.05) is 42.6 Å². The molecule has 3 rings (SSSR count). The molecule has 2 aromatic carbocycles. The minimum absolute atomic E-state index is 0.271. The number of aromatic nitrogens is 1.